The second-order valence-electron chi connectivity index (χ2n) is 3.04. The van der Waals surface area contributed by atoms with Gasteiger partial charge in [-0.3, -0.25) is 9.13 Å². The second-order valence-corrected chi connectivity index (χ2v) is 8.86. The van der Waals surface area contributed by atoms with Crippen LogP contribution in [-0.4, -0.2) is 24.0 Å². The van der Waals surface area contributed by atoms with Gasteiger partial charge in [-0.05, 0) is 24.3 Å². The van der Waals surface area contributed by atoms with Crippen molar-refractivity contribution in [2.45, 2.75) is 9.35 Å². The molecule has 1 rings (SSSR count). The van der Waals surface area contributed by atoms with Crippen LogP contribution in [0, 0.1) is 0 Å². The molecule has 0 saturated heterocycles. The van der Waals surface area contributed by atoms with E-state index in [1.165, 1.54) is 24.3 Å². The highest BCUT2D eigenvalue weighted by atomic mass is 35.5. The Kier molecular flexibility index (Phi) is 4.86. The van der Waals surface area contributed by atoms with Crippen LogP contribution >= 0.6 is 38.6 Å². The lowest BCUT2D eigenvalue weighted by molar-refractivity contribution is 0.376. The molecular formula is C7H9ClO6P2S. The van der Waals surface area contributed by atoms with Gasteiger partial charge in [0.1, 0.15) is 0 Å². The minimum Gasteiger partial charge on any atom is -0.323 e. The molecule has 4 N–H and O–H groups in total. The van der Waals surface area contributed by atoms with E-state index in [4.69, 9.17) is 31.2 Å². The van der Waals surface area contributed by atoms with Crippen molar-refractivity contribution < 1.29 is 28.7 Å². The molecule has 96 valence electrons. The molecule has 1 atom stereocenters. The molecule has 1 unspecified atom stereocenters. The maximum atomic E-state index is 10.9. The average molecular weight is 319 g/mol. The third-order valence-corrected chi connectivity index (χ3v) is 6.08. The highest BCUT2D eigenvalue weighted by Crippen LogP contribution is 2.51. The summed E-state index contributed by atoms with van der Waals surface area (Å²) < 4.78 is 20.2. The Hall–Kier alpha value is 0.160. The maximum Gasteiger partial charge on any atom is 0.356 e. The van der Waals surface area contributed by atoms with E-state index in [0.717, 1.165) is 11.8 Å². The van der Waals surface area contributed by atoms with Gasteiger partial charge in [-0.2, -0.15) is 0 Å². The summed E-state index contributed by atoms with van der Waals surface area (Å²) >= 11 is 6.19. The Morgan fingerprint density at radius 2 is 1.53 bits per heavy atom. The summed E-state index contributed by atoms with van der Waals surface area (Å²) in [6, 6.07) is 5.05. The number of hydrogen-bond acceptors (Lipinski definition) is 3. The van der Waals surface area contributed by atoms with Crippen LogP contribution in [0.3, 0.4) is 0 Å². The lowest BCUT2D eigenvalue weighted by atomic mass is 10.4. The average Bonchev–Trinajstić information content (AvgIpc) is 2.15. The van der Waals surface area contributed by atoms with E-state index in [-0.39, 0.29) is 5.30 Å². The summed E-state index contributed by atoms with van der Waals surface area (Å²) in [5.41, 5.74) is 0. The van der Waals surface area contributed by atoms with Gasteiger partial charge >= 0.3 is 15.2 Å². The maximum absolute atomic E-state index is 10.9. The molecule has 0 aromatic heterocycles. The Morgan fingerprint density at radius 3 is 1.88 bits per heavy atom. The smallest absolute Gasteiger partial charge is 0.323 e. The van der Waals surface area contributed by atoms with Gasteiger partial charge in [-0.1, -0.05) is 23.4 Å². The molecule has 0 radical (unpaired) electrons. The van der Waals surface area contributed by atoms with Crippen molar-refractivity contribution in [3.63, 3.8) is 0 Å². The molecular weight excluding hydrogens is 310 g/mol. The Labute approximate surface area is 106 Å². The van der Waals surface area contributed by atoms with Crippen LogP contribution in [0.15, 0.2) is 29.2 Å². The summed E-state index contributed by atoms with van der Waals surface area (Å²) in [6.45, 7) is 0. The molecule has 1 aromatic carbocycles. The number of benzene rings is 1. The zero-order valence-electron chi connectivity index (χ0n) is 8.17. The number of alkyl halides is 1. The third kappa shape index (κ3) is 4.73. The minimum atomic E-state index is -4.39. The van der Waals surface area contributed by atoms with Gasteiger partial charge in [0.15, 0.2) is 4.45 Å². The van der Waals surface area contributed by atoms with Gasteiger partial charge in [0.05, 0.1) is 5.30 Å². The second kappa shape index (κ2) is 5.43. The van der Waals surface area contributed by atoms with E-state index < -0.39 is 19.6 Å². The Bertz CT molecular complexity index is 480. The van der Waals surface area contributed by atoms with Gasteiger partial charge in [-0.25, -0.2) is 0 Å². The number of rotatable bonds is 4. The van der Waals surface area contributed by atoms with Gasteiger partial charge in [0, 0.05) is 4.90 Å². The predicted octanol–water partition coefficient (Wildman–Crippen LogP) is 1.28. The van der Waals surface area contributed by atoms with Gasteiger partial charge in [0.25, 0.3) is 0 Å². The lowest BCUT2D eigenvalue weighted by Crippen LogP contribution is -2.02. The van der Waals surface area contributed by atoms with Crippen LogP contribution in [-0.2, 0) is 9.13 Å². The first-order chi connectivity index (χ1) is 7.60. The van der Waals surface area contributed by atoms with Crippen molar-refractivity contribution in [3.05, 3.63) is 24.3 Å². The van der Waals surface area contributed by atoms with E-state index in [1.807, 2.05) is 0 Å². The van der Waals surface area contributed by atoms with Crippen molar-refractivity contribution in [3.8, 4) is 0 Å². The molecule has 0 heterocycles. The first-order valence-corrected chi connectivity index (χ1v) is 8.74. The van der Waals surface area contributed by atoms with E-state index in [9.17, 15) is 9.13 Å². The van der Waals surface area contributed by atoms with Gasteiger partial charge < -0.3 is 19.6 Å². The van der Waals surface area contributed by atoms with Crippen LogP contribution in [0.5, 0.6) is 0 Å². The van der Waals surface area contributed by atoms with E-state index >= 15 is 0 Å². The molecule has 0 spiro atoms. The fourth-order valence-electron chi connectivity index (χ4n) is 0.900. The molecule has 0 aliphatic carbocycles. The minimum absolute atomic E-state index is 0.163. The number of halogens is 1. The molecule has 1 aromatic rings. The van der Waals surface area contributed by atoms with Crippen LogP contribution in [0.25, 0.3) is 0 Å². The molecule has 0 bridgehead atoms. The summed E-state index contributed by atoms with van der Waals surface area (Å²) in [5, 5.41) is -0.163. The van der Waals surface area contributed by atoms with Crippen LogP contribution in [0.1, 0.15) is 0 Å². The lowest BCUT2D eigenvalue weighted by Gasteiger charge is -2.11. The summed E-state index contributed by atoms with van der Waals surface area (Å²) in [4.78, 5) is 35.6. The molecule has 0 aliphatic heterocycles. The zero-order valence-corrected chi connectivity index (χ0v) is 11.5. The number of hydrogen-bond donors (Lipinski definition) is 4. The molecule has 17 heavy (non-hydrogen) atoms. The van der Waals surface area contributed by atoms with Crippen molar-refractivity contribution in [1.82, 2.24) is 0 Å². The van der Waals surface area contributed by atoms with E-state index in [0.29, 0.717) is 4.90 Å². The van der Waals surface area contributed by atoms with Crippen molar-refractivity contribution >= 4 is 43.9 Å². The number of thioether (sulfide) groups is 1. The molecule has 0 aliphatic rings. The highest BCUT2D eigenvalue weighted by Gasteiger charge is 2.27. The fraction of sp³-hybridized carbons (Fsp3) is 0.143. The van der Waals surface area contributed by atoms with Gasteiger partial charge in [0.2, 0.25) is 0 Å². The monoisotopic (exact) mass is 318 g/mol. The summed E-state index contributed by atoms with van der Waals surface area (Å²) in [5.74, 6) is 0. The zero-order chi connectivity index (χ0) is 13.3. The molecule has 0 saturated carbocycles. The predicted molar refractivity (Wildman–Crippen MR) is 65.7 cm³/mol. The quantitative estimate of drug-likeness (QED) is 0.375. The van der Waals surface area contributed by atoms with Crippen molar-refractivity contribution in [1.29, 1.82) is 0 Å². The summed E-state index contributed by atoms with van der Waals surface area (Å²) in [7, 11) is -8.69. The van der Waals surface area contributed by atoms with E-state index in [2.05, 4.69) is 0 Å². The van der Waals surface area contributed by atoms with E-state index in [1.54, 1.807) is 0 Å². The van der Waals surface area contributed by atoms with Crippen molar-refractivity contribution in [2.75, 3.05) is 0 Å². The van der Waals surface area contributed by atoms with Crippen LogP contribution < -0.4 is 5.30 Å². The normalized spacial score (nSPS) is 14.6. The van der Waals surface area contributed by atoms with Crippen molar-refractivity contribution in [2.24, 2.45) is 0 Å². The molecule has 6 nitrogen and oxygen atoms in total. The Balaban J connectivity index is 2.83. The Morgan fingerprint density at radius 1 is 1.06 bits per heavy atom. The van der Waals surface area contributed by atoms with Gasteiger partial charge in [-0.15, -0.1) is 0 Å². The molecule has 0 fully saturated rings. The third-order valence-electron chi connectivity index (χ3n) is 1.67. The largest absolute Gasteiger partial charge is 0.356 e. The summed E-state index contributed by atoms with van der Waals surface area (Å²) in [6.07, 6.45) is 0. The highest BCUT2D eigenvalue weighted by molar-refractivity contribution is 8.06. The fourth-order valence-corrected chi connectivity index (χ4v) is 3.18. The van der Waals surface area contributed by atoms with Crippen LogP contribution in [0.4, 0.5) is 0 Å². The topological polar surface area (TPSA) is 115 Å². The first-order valence-electron chi connectivity index (χ1n) is 4.13. The van der Waals surface area contributed by atoms with Crippen LogP contribution in [0.2, 0.25) is 0 Å². The molecule has 0 amide bonds. The molecule has 10 heteroatoms. The first kappa shape index (κ1) is 15.2. The standard InChI is InChI=1S/C7H9ClO6P2S/c8-7(16(12,13)14)17-6-3-1-5(2-4-6)15(9,10)11/h1-4,7H,(H2,9,10,11)(H2,12,13,14). The SMILES string of the molecule is O=P(O)(O)c1ccc(SC(Cl)P(=O)(O)O)cc1.